The van der Waals surface area contributed by atoms with Crippen molar-refractivity contribution in [1.82, 2.24) is 0 Å². The van der Waals surface area contributed by atoms with E-state index in [1.807, 2.05) is 0 Å². The minimum absolute atomic E-state index is 0.0732. The molecule has 0 aromatic heterocycles. The van der Waals surface area contributed by atoms with Gasteiger partial charge >= 0.3 is 0 Å². The minimum Gasteiger partial charge on any atom is -0.495 e. The molecule has 2 aromatic carbocycles. The Bertz CT molecular complexity index is 679. The fraction of sp³-hybridized carbons (Fsp3) is 0.0714. The Morgan fingerprint density at radius 2 is 2.10 bits per heavy atom. The number of carbonyl (C=O) groups excluding carboxylic acids is 1. The number of amides is 1. The predicted molar refractivity (Wildman–Crippen MR) is 80.2 cm³/mol. The lowest BCUT2D eigenvalue weighted by Crippen LogP contribution is -2.18. The average Bonchev–Trinajstić information content (AvgIpc) is 2.48. The van der Waals surface area contributed by atoms with E-state index >= 15 is 0 Å². The van der Waals surface area contributed by atoms with Gasteiger partial charge in [0, 0.05) is 11.8 Å². The van der Waals surface area contributed by atoms with E-state index in [1.165, 1.54) is 25.3 Å². The Kier molecular flexibility index (Phi) is 4.62. The number of halogens is 2. The maximum Gasteiger partial charge on any atom is 0.257 e. The molecule has 0 saturated carbocycles. The number of hydrogen-bond acceptors (Lipinski definition) is 4. The van der Waals surface area contributed by atoms with Crippen LogP contribution in [0.5, 0.6) is 5.75 Å². The smallest absolute Gasteiger partial charge is 0.257 e. The SMILES string of the molecule is COc1cc(NC(=O)c2cccc(F)c2NN)ccc1Cl. The second-order valence-electron chi connectivity index (χ2n) is 4.11. The van der Waals surface area contributed by atoms with E-state index in [4.69, 9.17) is 22.2 Å². The minimum atomic E-state index is -0.612. The van der Waals surface area contributed by atoms with Gasteiger partial charge in [-0.3, -0.25) is 10.6 Å². The molecule has 0 heterocycles. The summed E-state index contributed by atoms with van der Waals surface area (Å²) in [5.74, 6) is 4.54. The van der Waals surface area contributed by atoms with Crippen molar-refractivity contribution in [1.29, 1.82) is 0 Å². The van der Waals surface area contributed by atoms with Gasteiger partial charge in [-0.05, 0) is 24.3 Å². The first-order chi connectivity index (χ1) is 10.1. The van der Waals surface area contributed by atoms with Crippen molar-refractivity contribution < 1.29 is 13.9 Å². The zero-order valence-electron chi connectivity index (χ0n) is 11.1. The highest BCUT2D eigenvalue weighted by molar-refractivity contribution is 6.32. The molecule has 0 aliphatic rings. The highest BCUT2D eigenvalue weighted by Crippen LogP contribution is 2.28. The lowest BCUT2D eigenvalue weighted by Gasteiger charge is -2.11. The number of hydrazine groups is 1. The van der Waals surface area contributed by atoms with E-state index in [-0.39, 0.29) is 11.3 Å². The van der Waals surface area contributed by atoms with Crippen LogP contribution < -0.4 is 21.3 Å². The van der Waals surface area contributed by atoms with Crippen LogP contribution >= 0.6 is 11.6 Å². The first-order valence-corrected chi connectivity index (χ1v) is 6.34. The number of carbonyl (C=O) groups is 1. The zero-order chi connectivity index (χ0) is 15.4. The topological polar surface area (TPSA) is 76.4 Å². The lowest BCUT2D eigenvalue weighted by molar-refractivity contribution is 0.102. The first kappa shape index (κ1) is 15.1. The Hall–Kier alpha value is -2.31. The molecule has 5 nitrogen and oxygen atoms in total. The lowest BCUT2D eigenvalue weighted by atomic mass is 10.1. The van der Waals surface area contributed by atoms with Crippen LogP contribution in [-0.2, 0) is 0 Å². The highest BCUT2D eigenvalue weighted by atomic mass is 35.5. The van der Waals surface area contributed by atoms with Gasteiger partial charge in [0.05, 0.1) is 23.4 Å². The molecule has 4 N–H and O–H groups in total. The molecule has 0 radical (unpaired) electrons. The highest BCUT2D eigenvalue weighted by Gasteiger charge is 2.15. The Morgan fingerprint density at radius 1 is 1.33 bits per heavy atom. The molecule has 0 fully saturated rings. The van der Waals surface area contributed by atoms with Gasteiger partial charge in [0.15, 0.2) is 0 Å². The van der Waals surface area contributed by atoms with E-state index < -0.39 is 11.7 Å². The van der Waals surface area contributed by atoms with Gasteiger partial charge in [0.1, 0.15) is 11.6 Å². The van der Waals surface area contributed by atoms with Crippen molar-refractivity contribution in [3.05, 3.63) is 52.8 Å². The first-order valence-electron chi connectivity index (χ1n) is 5.97. The van der Waals surface area contributed by atoms with Gasteiger partial charge in [0.25, 0.3) is 5.91 Å². The monoisotopic (exact) mass is 309 g/mol. The maximum absolute atomic E-state index is 13.6. The third-order valence-corrected chi connectivity index (χ3v) is 3.12. The summed E-state index contributed by atoms with van der Waals surface area (Å²) < 4.78 is 18.6. The Labute approximate surface area is 125 Å². The summed E-state index contributed by atoms with van der Waals surface area (Å²) in [6, 6.07) is 8.85. The molecule has 0 aliphatic carbocycles. The number of methoxy groups -OCH3 is 1. The molecule has 0 saturated heterocycles. The third kappa shape index (κ3) is 3.24. The summed E-state index contributed by atoms with van der Waals surface area (Å²) in [6.45, 7) is 0. The van der Waals surface area contributed by atoms with E-state index in [2.05, 4.69) is 10.7 Å². The quantitative estimate of drug-likeness (QED) is 0.599. The second kappa shape index (κ2) is 6.43. The number of nitrogens with two attached hydrogens (primary N) is 1. The number of ether oxygens (including phenoxy) is 1. The molecule has 0 atom stereocenters. The predicted octanol–water partition coefficient (Wildman–Crippen LogP) is 3.03. The Balaban J connectivity index is 2.28. The van der Waals surface area contributed by atoms with Crippen LogP contribution in [0.1, 0.15) is 10.4 Å². The average molecular weight is 310 g/mol. The maximum atomic E-state index is 13.6. The molecule has 1 amide bonds. The van der Waals surface area contributed by atoms with Crippen LogP contribution in [0.15, 0.2) is 36.4 Å². The van der Waals surface area contributed by atoms with Crippen LogP contribution in [0.4, 0.5) is 15.8 Å². The van der Waals surface area contributed by atoms with Crippen molar-refractivity contribution in [3.8, 4) is 5.75 Å². The number of benzene rings is 2. The van der Waals surface area contributed by atoms with Gasteiger partial charge in [-0.1, -0.05) is 17.7 Å². The fourth-order valence-corrected chi connectivity index (χ4v) is 1.99. The molecule has 0 unspecified atom stereocenters. The molecule has 2 rings (SSSR count). The van der Waals surface area contributed by atoms with Crippen LogP contribution in [0.25, 0.3) is 0 Å². The largest absolute Gasteiger partial charge is 0.495 e. The van der Waals surface area contributed by atoms with E-state index in [1.54, 1.807) is 18.2 Å². The van der Waals surface area contributed by atoms with Gasteiger partial charge in [-0.25, -0.2) is 4.39 Å². The summed E-state index contributed by atoms with van der Waals surface area (Å²) in [7, 11) is 1.47. The van der Waals surface area contributed by atoms with Gasteiger partial charge in [-0.15, -0.1) is 0 Å². The van der Waals surface area contributed by atoms with Crippen LogP contribution in [-0.4, -0.2) is 13.0 Å². The summed E-state index contributed by atoms with van der Waals surface area (Å²) in [5, 5.41) is 3.04. The van der Waals surface area contributed by atoms with Crippen molar-refractivity contribution in [2.24, 2.45) is 5.84 Å². The van der Waals surface area contributed by atoms with E-state index in [0.717, 1.165) is 0 Å². The van der Waals surface area contributed by atoms with Crippen molar-refractivity contribution in [2.75, 3.05) is 17.9 Å². The van der Waals surface area contributed by atoms with Crippen molar-refractivity contribution in [3.63, 3.8) is 0 Å². The molecule has 21 heavy (non-hydrogen) atoms. The summed E-state index contributed by atoms with van der Waals surface area (Å²) in [6.07, 6.45) is 0. The molecule has 0 aliphatic heterocycles. The Morgan fingerprint density at radius 3 is 2.76 bits per heavy atom. The van der Waals surface area contributed by atoms with Crippen LogP contribution in [0, 0.1) is 5.82 Å². The molecule has 110 valence electrons. The van der Waals surface area contributed by atoms with Crippen molar-refractivity contribution >= 4 is 28.9 Å². The number of rotatable bonds is 4. The standard InChI is InChI=1S/C14H13ClFN3O2/c1-21-12-7-8(5-6-10(12)15)18-14(20)9-3-2-4-11(16)13(9)19-17/h2-7,19H,17H2,1H3,(H,18,20). The van der Waals surface area contributed by atoms with Gasteiger partial charge < -0.3 is 15.5 Å². The molecular formula is C14H13ClFN3O2. The molecule has 2 aromatic rings. The number of hydrogen-bond donors (Lipinski definition) is 3. The van der Waals surface area contributed by atoms with Crippen LogP contribution in [0.2, 0.25) is 5.02 Å². The van der Waals surface area contributed by atoms with Crippen LogP contribution in [0.3, 0.4) is 0 Å². The zero-order valence-corrected chi connectivity index (χ0v) is 11.9. The summed E-state index contributed by atoms with van der Waals surface area (Å²) in [4.78, 5) is 12.2. The number of para-hydroxylation sites is 1. The number of nitrogens with one attached hydrogen (secondary N) is 2. The molecule has 7 heteroatoms. The summed E-state index contributed by atoms with van der Waals surface area (Å²) >= 11 is 5.90. The molecule has 0 spiro atoms. The summed E-state index contributed by atoms with van der Waals surface area (Å²) in [5.41, 5.74) is 2.66. The second-order valence-corrected chi connectivity index (χ2v) is 4.52. The third-order valence-electron chi connectivity index (χ3n) is 2.81. The normalized spacial score (nSPS) is 10.1. The number of anilines is 2. The van der Waals surface area contributed by atoms with Crippen molar-refractivity contribution in [2.45, 2.75) is 0 Å². The van der Waals surface area contributed by atoms with E-state index in [0.29, 0.717) is 16.5 Å². The van der Waals surface area contributed by atoms with Gasteiger partial charge in [-0.2, -0.15) is 0 Å². The van der Waals surface area contributed by atoms with E-state index in [9.17, 15) is 9.18 Å². The fourth-order valence-electron chi connectivity index (χ4n) is 1.80. The van der Waals surface area contributed by atoms with Gasteiger partial charge in [0.2, 0.25) is 0 Å². The number of nitrogen functional groups attached to an aromatic ring is 1. The molecule has 0 bridgehead atoms. The molecular weight excluding hydrogens is 297 g/mol.